The number of hydrogen-bond donors (Lipinski definition) is 2. The van der Waals surface area contributed by atoms with Gasteiger partial charge in [0.2, 0.25) is 5.91 Å². The third kappa shape index (κ3) is 3.76. The number of benzene rings is 2. The van der Waals surface area contributed by atoms with Gasteiger partial charge in [0.25, 0.3) is 10.0 Å². The van der Waals surface area contributed by atoms with Gasteiger partial charge in [-0.3, -0.25) is 9.52 Å². The molecule has 1 aliphatic heterocycles. The topological polar surface area (TPSA) is 84.5 Å². The summed E-state index contributed by atoms with van der Waals surface area (Å²) in [5.74, 6) is 0.650. The summed E-state index contributed by atoms with van der Waals surface area (Å²) in [7, 11) is -3.70. The van der Waals surface area contributed by atoms with E-state index in [-0.39, 0.29) is 10.8 Å². The van der Waals surface area contributed by atoms with Gasteiger partial charge in [-0.15, -0.1) is 0 Å². The summed E-state index contributed by atoms with van der Waals surface area (Å²) in [5, 5.41) is 2.78. The van der Waals surface area contributed by atoms with Crippen molar-refractivity contribution in [3.8, 4) is 5.75 Å². The number of carbonyl (C=O) groups excluding carboxylic acids is 1. The molecule has 0 atom stereocenters. The Kier molecular flexibility index (Phi) is 4.67. The fraction of sp³-hybridized carbons (Fsp3) is 0.278. The Morgan fingerprint density at radius 2 is 1.96 bits per heavy atom. The lowest BCUT2D eigenvalue weighted by Crippen LogP contribution is -2.19. The van der Waals surface area contributed by atoms with Gasteiger partial charge in [-0.25, -0.2) is 8.42 Å². The van der Waals surface area contributed by atoms with Crippen molar-refractivity contribution in [2.45, 2.75) is 31.6 Å². The van der Waals surface area contributed by atoms with Gasteiger partial charge in [-0.05, 0) is 67.8 Å². The number of ether oxygens (including phenoxy) is 1. The summed E-state index contributed by atoms with van der Waals surface area (Å²) in [5.41, 5.74) is 2.89. The molecule has 1 amide bonds. The summed E-state index contributed by atoms with van der Waals surface area (Å²) < 4.78 is 33.3. The maximum absolute atomic E-state index is 12.6. The van der Waals surface area contributed by atoms with Crippen LogP contribution in [0.4, 0.5) is 11.4 Å². The first kappa shape index (κ1) is 17.3. The summed E-state index contributed by atoms with van der Waals surface area (Å²) in [6, 6.07) is 9.89. The van der Waals surface area contributed by atoms with Crippen molar-refractivity contribution in [1.29, 1.82) is 0 Å². The number of carbonyl (C=O) groups is 1. The Balaban J connectivity index is 1.84. The van der Waals surface area contributed by atoms with Crippen molar-refractivity contribution in [3.63, 3.8) is 0 Å². The average Bonchev–Trinajstić information content (AvgIpc) is 2.56. The van der Waals surface area contributed by atoms with E-state index in [4.69, 9.17) is 4.74 Å². The van der Waals surface area contributed by atoms with E-state index in [1.807, 2.05) is 13.8 Å². The molecule has 2 aromatic rings. The van der Waals surface area contributed by atoms with Gasteiger partial charge in [-0.2, -0.15) is 0 Å². The minimum atomic E-state index is -3.70. The summed E-state index contributed by atoms with van der Waals surface area (Å²) >= 11 is 0. The van der Waals surface area contributed by atoms with Crippen molar-refractivity contribution in [2.24, 2.45) is 0 Å². The molecule has 2 N–H and O–H groups in total. The molecule has 2 aromatic carbocycles. The molecule has 0 saturated heterocycles. The van der Waals surface area contributed by atoms with E-state index in [2.05, 4.69) is 10.0 Å². The van der Waals surface area contributed by atoms with Crippen LogP contribution >= 0.6 is 0 Å². The smallest absolute Gasteiger partial charge is 0.261 e. The molecule has 0 bridgehead atoms. The van der Waals surface area contributed by atoms with Gasteiger partial charge in [0.1, 0.15) is 5.75 Å². The van der Waals surface area contributed by atoms with Gasteiger partial charge in [0.15, 0.2) is 0 Å². The maximum Gasteiger partial charge on any atom is 0.261 e. The molecule has 0 saturated carbocycles. The molecule has 0 aliphatic carbocycles. The highest BCUT2D eigenvalue weighted by Crippen LogP contribution is 2.28. The minimum Gasteiger partial charge on any atom is -0.494 e. The Bertz CT molecular complexity index is 923. The molecule has 1 aliphatic rings. The number of anilines is 2. The fourth-order valence-corrected chi connectivity index (χ4v) is 3.90. The first-order chi connectivity index (χ1) is 11.9. The number of nitrogens with one attached hydrogen (secondary N) is 2. The minimum absolute atomic E-state index is 0.0225. The second-order valence-electron chi connectivity index (χ2n) is 5.89. The summed E-state index contributed by atoms with van der Waals surface area (Å²) in [4.78, 5) is 11.6. The molecular formula is C18H20N2O4S. The molecule has 25 heavy (non-hydrogen) atoms. The van der Waals surface area contributed by atoms with Gasteiger partial charge in [-0.1, -0.05) is 0 Å². The van der Waals surface area contributed by atoms with E-state index in [9.17, 15) is 13.2 Å². The van der Waals surface area contributed by atoms with Crippen molar-refractivity contribution in [3.05, 3.63) is 47.5 Å². The van der Waals surface area contributed by atoms with Gasteiger partial charge < -0.3 is 10.1 Å². The Hall–Kier alpha value is -2.54. The van der Waals surface area contributed by atoms with E-state index in [1.54, 1.807) is 30.3 Å². The normalized spacial score (nSPS) is 13.8. The number of fused-ring (bicyclic) bond motifs is 1. The Morgan fingerprint density at radius 1 is 1.16 bits per heavy atom. The molecule has 0 unspecified atom stereocenters. The van der Waals surface area contributed by atoms with Crippen LogP contribution in [0.3, 0.4) is 0 Å². The summed E-state index contributed by atoms with van der Waals surface area (Å²) in [6.07, 6.45) is 1.00. The third-order valence-electron chi connectivity index (χ3n) is 4.01. The monoisotopic (exact) mass is 360 g/mol. The summed E-state index contributed by atoms with van der Waals surface area (Å²) in [6.45, 7) is 4.21. The van der Waals surface area contributed by atoms with Crippen molar-refractivity contribution < 1.29 is 17.9 Å². The van der Waals surface area contributed by atoms with Crippen LogP contribution < -0.4 is 14.8 Å². The maximum atomic E-state index is 12.6. The van der Waals surface area contributed by atoms with Gasteiger partial charge in [0, 0.05) is 17.8 Å². The van der Waals surface area contributed by atoms with Crippen LogP contribution in [0.5, 0.6) is 5.75 Å². The standard InChI is InChI=1S/C18H20N2O4S/c1-3-24-17-8-6-15(10-12(17)2)25(22,23)20-14-5-7-16-13(11-14)4-9-18(21)19-16/h5-8,10-11,20H,3-4,9H2,1-2H3,(H,19,21). The predicted octanol–water partition coefficient (Wildman–Crippen LogP) is 3.08. The van der Waals surface area contributed by atoms with Crippen LogP contribution in [0, 0.1) is 6.92 Å². The number of hydrogen-bond acceptors (Lipinski definition) is 4. The van der Waals surface area contributed by atoms with Crippen molar-refractivity contribution >= 4 is 27.3 Å². The van der Waals surface area contributed by atoms with Crippen LogP contribution in [0.2, 0.25) is 0 Å². The van der Waals surface area contributed by atoms with Crippen LogP contribution in [-0.2, 0) is 21.2 Å². The van der Waals surface area contributed by atoms with Crippen LogP contribution in [-0.4, -0.2) is 20.9 Å². The second kappa shape index (κ2) is 6.76. The highest BCUT2D eigenvalue weighted by Gasteiger charge is 2.18. The van der Waals surface area contributed by atoms with E-state index >= 15 is 0 Å². The van der Waals surface area contributed by atoms with Crippen LogP contribution in [0.25, 0.3) is 0 Å². The lowest BCUT2D eigenvalue weighted by molar-refractivity contribution is -0.116. The number of sulfonamides is 1. The number of amides is 1. The van der Waals surface area contributed by atoms with Gasteiger partial charge in [0.05, 0.1) is 11.5 Å². The predicted molar refractivity (Wildman–Crippen MR) is 96.5 cm³/mol. The van der Waals surface area contributed by atoms with E-state index < -0.39 is 10.0 Å². The zero-order valence-corrected chi connectivity index (χ0v) is 14.9. The molecule has 7 heteroatoms. The SMILES string of the molecule is CCOc1ccc(S(=O)(=O)Nc2ccc3c(c2)CCC(=O)N3)cc1C. The molecule has 0 fully saturated rings. The van der Waals surface area contributed by atoms with E-state index in [0.29, 0.717) is 30.9 Å². The first-order valence-corrected chi connectivity index (χ1v) is 9.56. The fourth-order valence-electron chi connectivity index (χ4n) is 2.77. The molecule has 1 heterocycles. The highest BCUT2D eigenvalue weighted by molar-refractivity contribution is 7.92. The average molecular weight is 360 g/mol. The lowest BCUT2D eigenvalue weighted by Gasteiger charge is -2.18. The zero-order valence-electron chi connectivity index (χ0n) is 14.1. The highest BCUT2D eigenvalue weighted by atomic mass is 32.2. The molecule has 3 rings (SSSR count). The molecule has 0 spiro atoms. The van der Waals surface area contributed by atoms with Crippen LogP contribution in [0.15, 0.2) is 41.3 Å². The van der Waals surface area contributed by atoms with Crippen molar-refractivity contribution in [1.82, 2.24) is 0 Å². The first-order valence-electron chi connectivity index (χ1n) is 8.08. The number of rotatable bonds is 5. The molecule has 132 valence electrons. The van der Waals surface area contributed by atoms with E-state index in [1.165, 1.54) is 6.07 Å². The zero-order chi connectivity index (χ0) is 18.0. The largest absolute Gasteiger partial charge is 0.494 e. The molecule has 0 aromatic heterocycles. The third-order valence-corrected chi connectivity index (χ3v) is 5.39. The van der Waals surface area contributed by atoms with E-state index in [0.717, 1.165) is 16.8 Å². The molecular weight excluding hydrogens is 340 g/mol. The number of aryl methyl sites for hydroxylation is 2. The molecule has 6 nitrogen and oxygen atoms in total. The van der Waals surface area contributed by atoms with Crippen LogP contribution in [0.1, 0.15) is 24.5 Å². The second-order valence-corrected chi connectivity index (χ2v) is 7.57. The Labute approximate surface area is 147 Å². The van der Waals surface area contributed by atoms with Crippen molar-refractivity contribution in [2.75, 3.05) is 16.6 Å². The van der Waals surface area contributed by atoms with Gasteiger partial charge >= 0.3 is 0 Å². The lowest BCUT2D eigenvalue weighted by atomic mass is 10.0. The Morgan fingerprint density at radius 3 is 2.68 bits per heavy atom. The quantitative estimate of drug-likeness (QED) is 0.858. The molecule has 0 radical (unpaired) electrons.